The van der Waals surface area contributed by atoms with Crippen LogP contribution in [0.3, 0.4) is 0 Å². The topological polar surface area (TPSA) is 83.6 Å². The Labute approximate surface area is 124 Å². The lowest BCUT2D eigenvalue weighted by Gasteiger charge is -2.29. The maximum absolute atomic E-state index is 12.9. The fourth-order valence-electron chi connectivity index (χ4n) is 2.21. The second-order valence-corrected chi connectivity index (χ2v) is 8.17. The molecule has 1 aliphatic rings. The monoisotopic (exact) mass is 336 g/mol. The van der Waals surface area contributed by atoms with Crippen molar-refractivity contribution < 1.29 is 20.7 Å². The Kier molecular flexibility index (Phi) is 4.66. The number of sulfonamides is 1. The van der Waals surface area contributed by atoms with Crippen LogP contribution in [0.4, 0.5) is 3.89 Å². The van der Waals surface area contributed by atoms with Gasteiger partial charge in [0.25, 0.3) is 0 Å². The van der Waals surface area contributed by atoms with Gasteiger partial charge in [0.05, 0.1) is 9.79 Å². The first-order valence-electron chi connectivity index (χ1n) is 6.44. The van der Waals surface area contributed by atoms with E-state index in [1.165, 1.54) is 12.1 Å². The van der Waals surface area contributed by atoms with Crippen LogP contribution in [0, 0.1) is 0 Å². The lowest BCUT2D eigenvalue weighted by atomic mass is 10.1. The van der Waals surface area contributed by atoms with Crippen LogP contribution in [-0.2, 0) is 20.2 Å². The van der Waals surface area contributed by atoms with Crippen molar-refractivity contribution in [3.8, 4) is 0 Å². The minimum atomic E-state index is -4.92. The van der Waals surface area contributed by atoms with Crippen molar-refractivity contribution in [1.82, 2.24) is 9.62 Å². The van der Waals surface area contributed by atoms with E-state index in [2.05, 4.69) is 9.62 Å². The van der Waals surface area contributed by atoms with Crippen molar-refractivity contribution in [3.05, 3.63) is 24.3 Å². The minimum absolute atomic E-state index is 0.197. The predicted molar refractivity (Wildman–Crippen MR) is 75.6 cm³/mol. The summed E-state index contributed by atoms with van der Waals surface area (Å²) in [5.41, 5.74) is 0. The van der Waals surface area contributed by atoms with Crippen LogP contribution in [0.25, 0.3) is 0 Å². The van der Waals surface area contributed by atoms with Crippen LogP contribution in [0.1, 0.15) is 12.8 Å². The molecule has 1 N–H and O–H groups in total. The lowest BCUT2D eigenvalue weighted by molar-refractivity contribution is 0.248. The molecule has 1 fully saturated rings. The largest absolute Gasteiger partial charge is 0.332 e. The van der Waals surface area contributed by atoms with E-state index in [0.717, 1.165) is 25.2 Å². The fourth-order valence-corrected chi connectivity index (χ4v) is 4.14. The van der Waals surface area contributed by atoms with Crippen molar-refractivity contribution in [2.45, 2.75) is 28.7 Å². The van der Waals surface area contributed by atoms with E-state index in [9.17, 15) is 20.7 Å². The van der Waals surface area contributed by atoms with Gasteiger partial charge in [0, 0.05) is 6.04 Å². The summed E-state index contributed by atoms with van der Waals surface area (Å²) >= 11 is 0. The minimum Gasteiger partial charge on any atom is -0.306 e. The maximum Gasteiger partial charge on any atom is 0.332 e. The summed E-state index contributed by atoms with van der Waals surface area (Å²) in [5, 5.41) is 0. The SMILES string of the molecule is CN1CCC(NS(=O)(=O)c2cccc(S(=O)(=O)F)c2)CC1. The van der Waals surface area contributed by atoms with Crippen molar-refractivity contribution in [2.75, 3.05) is 20.1 Å². The Morgan fingerprint density at radius 1 is 1.14 bits per heavy atom. The lowest BCUT2D eigenvalue weighted by Crippen LogP contribution is -2.43. The molecule has 21 heavy (non-hydrogen) atoms. The van der Waals surface area contributed by atoms with Gasteiger partial charge in [0.1, 0.15) is 0 Å². The molecule has 0 aliphatic carbocycles. The number of nitrogens with one attached hydrogen (secondary N) is 1. The number of hydrogen-bond acceptors (Lipinski definition) is 5. The molecule has 1 saturated heterocycles. The summed E-state index contributed by atoms with van der Waals surface area (Å²) in [5.74, 6) is 0. The number of halogens is 1. The molecule has 0 unspecified atom stereocenters. The number of piperidine rings is 1. The van der Waals surface area contributed by atoms with Crippen molar-refractivity contribution in [3.63, 3.8) is 0 Å². The molecule has 0 saturated carbocycles. The Bertz CT molecular complexity index is 711. The summed E-state index contributed by atoms with van der Waals surface area (Å²) in [4.78, 5) is 1.19. The Hall–Kier alpha value is -1.03. The highest BCUT2D eigenvalue weighted by molar-refractivity contribution is 7.89. The van der Waals surface area contributed by atoms with Crippen LogP contribution >= 0.6 is 0 Å². The Morgan fingerprint density at radius 2 is 1.71 bits per heavy atom. The third kappa shape index (κ3) is 4.22. The van der Waals surface area contributed by atoms with Crippen LogP contribution in [0.2, 0.25) is 0 Å². The van der Waals surface area contributed by atoms with Gasteiger partial charge in [0.15, 0.2) is 0 Å². The smallest absolute Gasteiger partial charge is 0.306 e. The molecule has 1 aromatic carbocycles. The van der Waals surface area contributed by atoms with Gasteiger partial charge in [-0.2, -0.15) is 8.42 Å². The van der Waals surface area contributed by atoms with Gasteiger partial charge >= 0.3 is 10.2 Å². The molecule has 1 heterocycles. The van der Waals surface area contributed by atoms with E-state index in [4.69, 9.17) is 0 Å². The zero-order chi connectivity index (χ0) is 15.7. The molecule has 1 aliphatic heterocycles. The first-order chi connectivity index (χ1) is 9.68. The number of benzene rings is 1. The van der Waals surface area contributed by atoms with Crippen molar-refractivity contribution in [1.29, 1.82) is 0 Å². The quantitative estimate of drug-likeness (QED) is 0.819. The second kappa shape index (κ2) is 5.99. The highest BCUT2D eigenvalue weighted by Crippen LogP contribution is 2.19. The molecule has 0 aromatic heterocycles. The summed E-state index contributed by atoms with van der Waals surface area (Å²) in [6, 6.07) is 4.09. The fraction of sp³-hybridized carbons (Fsp3) is 0.500. The zero-order valence-electron chi connectivity index (χ0n) is 11.5. The molecule has 0 atom stereocenters. The molecule has 6 nitrogen and oxygen atoms in total. The highest BCUT2D eigenvalue weighted by Gasteiger charge is 2.24. The Balaban J connectivity index is 2.20. The molecule has 0 bridgehead atoms. The van der Waals surface area contributed by atoms with E-state index >= 15 is 0 Å². The predicted octanol–water partition coefficient (Wildman–Crippen LogP) is 0.717. The number of hydrogen-bond donors (Lipinski definition) is 1. The summed E-state index contributed by atoms with van der Waals surface area (Å²) in [6.07, 6.45) is 1.35. The summed E-state index contributed by atoms with van der Waals surface area (Å²) in [6.45, 7) is 1.57. The first kappa shape index (κ1) is 16.3. The summed E-state index contributed by atoms with van der Waals surface area (Å²) < 4.78 is 61.6. The van der Waals surface area contributed by atoms with Gasteiger partial charge in [-0.1, -0.05) is 6.07 Å². The second-order valence-electron chi connectivity index (χ2n) is 5.11. The molecule has 1 aromatic rings. The summed E-state index contributed by atoms with van der Waals surface area (Å²) in [7, 11) is -6.83. The van der Waals surface area contributed by atoms with E-state index < -0.39 is 25.1 Å². The van der Waals surface area contributed by atoms with Gasteiger partial charge in [-0.05, 0) is 51.2 Å². The van der Waals surface area contributed by atoms with Crippen molar-refractivity contribution in [2.24, 2.45) is 0 Å². The molecular weight excluding hydrogens is 319 g/mol. The van der Waals surface area contributed by atoms with Gasteiger partial charge in [-0.25, -0.2) is 13.1 Å². The van der Waals surface area contributed by atoms with Crippen LogP contribution in [0.5, 0.6) is 0 Å². The first-order valence-corrected chi connectivity index (χ1v) is 9.31. The molecule has 0 spiro atoms. The maximum atomic E-state index is 12.9. The van der Waals surface area contributed by atoms with Crippen molar-refractivity contribution >= 4 is 20.2 Å². The molecule has 0 radical (unpaired) electrons. The van der Waals surface area contributed by atoms with Gasteiger partial charge in [-0.3, -0.25) is 0 Å². The number of rotatable bonds is 4. The highest BCUT2D eigenvalue weighted by atomic mass is 32.3. The third-order valence-corrected chi connectivity index (χ3v) is 5.77. The average molecular weight is 336 g/mol. The normalized spacial score (nSPS) is 18.8. The standard InChI is InChI=1S/C12H17FN2O4S2/c1-15-7-5-10(6-8-15)14-21(18,19)12-4-2-3-11(9-12)20(13,16)17/h2-4,9-10,14H,5-8H2,1H3. The van der Waals surface area contributed by atoms with E-state index in [-0.39, 0.29) is 10.9 Å². The van der Waals surface area contributed by atoms with Gasteiger partial charge in [0.2, 0.25) is 10.0 Å². The molecular formula is C12H17FN2O4S2. The molecule has 118 valence electrons. The Morgan fingerprint density at radius 3 is 2.29 bits per heavy atom. The van der Waals surface area contributed by atoms with E-state index in [0.29, 0.717) is 12.8 Å². The molecule has 0 amide bonds. The van der Waals surface area contributed by atoms with E-state index in [1.807, 2.05) is 7.05 Å². The molecule has 9 heteroatoms. The van der Waals surface area contributed by atoms with Gasteiger partial charge < -0.3 is 4.90 Å². The third-order valence-electron chi connectivity index (χ3n) is 3.44. The van der Waals surface area contributed by atoms with Gasteiger partial charge in [-0.15, -0.1) is 3.89 Å². The van der Waals surface area contributed by atoms with E-state index in [1.54, 1.807) is 0 Å². The van der Waals surface area contributed by atoms with Crippen LogP contribution in [-0.4, -0.2) is 47.9 Å². The van der Waals surface area contributed by atoms with Crippen LogP contribution in [0.15, 0.2) is 34.1 Å². The molecule has 2 rings (SSSR count). The average Bonchev–Trinajstić information content (AvgIpc) is 2.40. The number of nitrogens with zero attached hydrogens (tertiary/aromatic N) is 1. The number of likely N-dealkylation sites (tertiary alicyclic amines) is 1. The zero-order valence-corrected chi connectivity index (χ0v) is 13.1. The van der Waals surface area contributed by atoms with Crippen LogP contribution < -0.4 is 4.72 Å².